The largest absolute Gasteiger partial charge is 0.507 e. The van der Waals surface area contributed by atoms with E-state index in [1.807, 2.05) is 158 Å². The van der Waals surface area contributed by atoms with Crippen molar-refractivity contribution < 1.29 is 40.2 Å². The molecule has 10 aromatic carbocycles. The number of nitrogens with one attached hydrogen (secondary N) is 2. The number of carbonyl (C=O) groups is 2. The van der Waals surface area contributed by atoms with Gasteiger partial charge in [-0.15, -0.1) is 0 Å². The zero-order chi connectivity index (χ0) is 57.0. The Labute approximate surface area is 469 Å². The first-order valence-corrected chi connectivity index (χ1v) is 27.6. The van der Waals surface area contributed by atoms with Crippen molar-refractivity contribution in [1.82, 2.24) is 10.6 Å². The Morgan fingerprint density at radius 3 is 0.863 bits per heavy atom. The number of aromatic hydroxyl groups is 4. The van der Waals surface area contributed by atoms with Gasteiger partial charge < -0.3 is 41.3 Å². The predicted molar refractivity (Wildman–Crippen MR) is 327 cm³/mol. The maximum atomic E-state index is 10.8. The summed E-state index contributed by atoms with van der Waals surface area (Å²) in [6.07, 6.45) is 4.48. The molecular formula is C70H74N2O8. The molecule has 0 saturated carbocycles. The average molecular weight is 1070 g/mol. The Morgan fingerprint density at radius 1 is 0.362 bits per heavy atom. The fraction of sp³-hybridized carbons (Fsp3) is 0.229. The highest BCUT2D eigenvalue weighted by atomic mass is 16.4. The van der Waals surface area contributed by atoms with E-state index < -0.39 is 11.9 Å². The van der Waals surface area contributed by atoms with Gasteiger partial charge in [0.1, 0.15) is 23.0 Å². The number of carboxylic acids is 2. The van der Waals surface area contributed by atoms with E-state index in [0.29, 0.717) is 22.3 Å². The van der Waals surface area contributed by atoms with Crippen molar-refractivity contribution in [3.63, 3.8) is 0 Å². The van der Waals surface area contributed by atoms with Gasteiger partial charge in [0, 0.05) is 47.2 Å². The third-order valence-electron chi connectivity index (χ3n) is 14.5. The van der Waals surface area contributed by atoms with E-state index in [9.17, 15) is 30.0 Å². The van der Waals surface area contributed by atoms with Gasteiger partial charge in [-0.3, -0.25) is 9.59 Å². The lowest BCUT2D eigenvalue weighted by atomic mass is 9.92. The van der Waals surface area contributed by atoms with Crippen LogP contribution < -0.4 is 10.6 Å². The second-order valence-corrected chi connectivity index (χ2v) is 20.3. The normalized spacial score (nSPS) is 12.4. The van der Waals surface area contributed by atoms with E-state index in [2.05, 4.69) is 62.6 Å². The van der Waals surface area contributed by atoms with Crippen molar-refractivity contribution in [3.8, 4) is 45.3 Å². The quantitative estimate of drug-likeness (QED) is 0.0412. The van der Waals surface area contributed by atoms with Gasteiger partial charge in [0.2, 0.25) is 0 Å². The van der Waals surface area contributed by atoms with Gasteiger partial charge in [-0.2, -0.15) is 0 Å². The summed E-state index contributed by atoms with van der Waals surface area (Å²) in [4.78, 5) is 21.5. The average Bonchev–Trinajstić information content (AvgIpc) is 3.53. The smallest absolute Gasteiger partial charge is 0.303 e. The van der Waals surface area contributed by atoms with Crippen molar-refractivity contribution in [3.05, 3.63) is 217 Å². The molecule has 0 aliphatic carbocycles. The molecule has 0 unspecified atom stereocenters. The van der Waals surface area contributed by atoms with Gasteiger partial charge in [-0.05, 0) is 130 Å². The number of benzene rings is 10. The molecule has 10 aromatic rings. The van der Waals surface area contributed by atoms with E-state index in [1.165, 1.54) is 11.1 Å². The summed E-state index contributed by atoms with van der Waals surface area (Å²) >= 11 is 0. The number of hydrogen-bond acceptors (Lipinski definition) is 8. The van der Waals surface area contributed by atoms with Crippen molar-refractivity contribution in [1.29, 1.82) is 0 Å². The van der Waals surface area contributed by atoms with Crippen LogP contribution in [0.1, 0.15) is 89.4 Å². The summed E-state index contributed by atoms with van der Waals surface area (Å²) < 4.78 is 0. The minimum absolute atomic E-state index is 0.172. The van der Waals surface area contributed by atoms with Crippen LogP contribution in [0, 0.1) is 11.8 Å². The number of phenols is 4. The Kier molecular flexibility index (Phi) is 21.6. The highest BCUT2D eigenvalue weighted by molar-refractivity contribution is 6.11. The van der Waals surface area contributed by atoms with Gasteiger partial charge in [-0.25, -0.2) is 0 Å². The minimum atomic E-state index is -0.706. The van der Waals surface area contributed by atoms with Crippen molar-refractivity contribution in [2.75, 3.05) is 13.1 Å². The van der Waals surface area contributed by atoms with E-state index in [-0.39, 0.29) is 59.8 Å². The molecule has 0 aliphatic heterocycles. The molecule has 412 valence electrons. The molecule has 0 bridgehead atoms. The molecule has 10 heteroatoms. The van der Waals surface area contributed by atoms with Crippen LogP contribution in [-0.4, -0.2) is 55.7 Å². The van der Waals surface area contributed by atoms with E-state index in [0.717, 1.165) is 81.9 Å². The summed E-state index contributed by atoms with van der Waals surface area (Å²) in [6.45, 7) is 9.93. The number of rotatable bonds is 18. The Balaban J connectivity index is 0.000000155. The SMILES string of the molecule is CCC[C@@H](CN[C@@H](C)c1ccccc1)CC(=O)O.CCC[C@H](CN[C@H](C)c1ccccc1)CC(=O)O.Oc1ccc2ccccc2c1-c1c(O)ccc2ccccc12.Oc1ccc2ccccc2c1-c1c(O)ccc2ccccc12. The minimum Gasteiger partial charge on any atom is -0.507 e. The number of phenolic OH excluding ortho intramolecular Hbond substituents is 4. The second kappa shape index (κ2) is 29.3. The van der Waals surface area contributed by atoms with Crippen molar-refractivity contribution in [2.45, 2.75) is 78.3 Å². The highest BCUT2D eigenvalue weighted by Gasteiger charge is 2.19. The first-order chi connectivity index (χ1) is 38.8. The fourth-order valence-corrected chi connectivity index (χ4v) is 10.4. The van der Waals surface area contributed by atoms with E-state index in [4.69, 9.17) is 10.2 Å². The molecule has 4 atom stereocenters. The lowest BCUT2D eigenvalue weighted by Crippen LogP contribution is -2.27. The molecule has 8 N–H and O–H groups in total. The fourth-order valence-electron chi connectivity index (χ4n) is 10.4. The molecular weight excluding hydrogens is 997 g/mol. The molecule has 0 aliphatic rings. The Morgan fingerprint density at radius 2 is 0.613 bits per heavy atom. The first-order valence-electron chi connectivity index (χ1n) is 27.6. The molecule has 0 amide bonds. The maximum Gasteiger partial charge on any atom is 0.303 e. The lowest BCUT2D eigenvalue weighted by Gasteiger charge is -2.19. The van der Waals surface area contributed by atoms with Crippen molar-refractivity contribution >= 4 is 55.0 Å². The molecule has 80 heavy (non-hydrogen) atoms. The van der Waals surface area contributed by atoms with Crippen LogP contribution in [0.4, 0.5) is 0 Å². The highest BCUT2D eigenvalue weighted by Crippen LogP contribution is 2.46. The van der Waals surface area contributed by atoms with Crippen LogP contribution in [0.15, 0.2) is 206 Å². The maximum absolute atomic E-state index is 10.8. The Bertz CT molecular complexity index is 3200. The summed E-state index contributed by atoms with van der Waals surface area (Å²) in [5, 5.41) is 74.1. The van der Waals surface area contributed by atoms with Crippen LogP contribution in [0.3, 0.4) is 0 Å². The van der Waals surface area contributed by atoms with E-state index in [1.54, 1.807) is 24.3 Å². The van der Waals surface area contributed by atoms with E-state index >= 15 is 0 Å². The molecule has 0 heterocycles. The van der Waals surface area contributed by atoms with Gasteiger partial charge in [-0.1, -0.05) is 209 Å². The third kappa shape index (κ3) is 15.7. The zero-order valence-electron chi connectivity index (χ0n) is 46.1. The summed E-state index contributed by atoms with van der Waals surface area (Å²) in [5.74, 6) is -0.283. The van der Waals surface area contributed by atoms with Crippen molar-refractivity contribution in [2.24, 2.45) is 11.8 Å². The molecule has 0 saturated heterocycles. The van der Waals surface area contributed by atoms with Crippen LogP contribution in [-0.2, 0) is 9.59 Å². The second-order valence-electron chi connectivity index (χ2n) is 20.3. The summed E-state index contributed by atoms with van der Waals surface area (Å²) in [7, 11) is 0. The third-order valence-corrected chi connectivity index (χ3v) is 14.5. The van der Waals surface area contributed by atoms with Gasteiger partial charge in [0.15, 0.2) is 0 Å². The lowest BCUT2D eigenvalue weighted by molar-refractivity contribution is -0.139. The Hall–Kier alpha value is -8.70. The van der Waals surface area contributed by atoms with Crippen LogP contribution in [0.2, 0.25) is 0 Å². The summed E-state index contributed by atoms with van der Waals surface area (Å²) in [5.41, 5.74) is 5.17. The molecule has 0 radical (unpaired) electrons. The number of fused-ring (bicyclic) bond motifs is 4. The van der Waals surface area contributed by atoms with Crippen LogP contribution in [0.5, 0.6) is 23.0 Å². The standard InChI is InChI=1S/2C20H14O2.2C15H23NO2/c2*21-17-11-9-13-5-1-3-7-15(13)19(17)20-16-8-4-2-6-14(16)10-12-18(20)22;2*1-3-7-13(10-15(17)18)11-16-12(2)14-8-5-4-6-9-14/h2*1-12,21-22H;2*4-6,8-9,12-13,16H,3,7,10-11H2,1-2H3,(H,17,18)/t;;2*12-,13+/m..10/s1. The molecule has 0 fully saturated rings. The molecule has 10 nitrogen and oxygen atoms in total. The summed E-state index contributed by atoms with van der Waals surface area (Å²) in [6, 6.07) is 66.7. The number of aliphatic carboxylic acids is 2. The van der Waals surface area contributed by atoms with Gasteiger partial charge in [0.05, 0.1) is 0 Å². The molecule has 10 rings (SSSR count). The van der Waals surface area contributed by atoms with Crippen LogP contribution in [0.25, 0.3) is 65.3 Å². The number of carboxylic acid groups (broad SMARTS) is 2. The molecule has 0 spiro atoms. The number of hydrogen-bond donors (Lipinski definition) is 8. The zero-order valence-corrected chi connectivity index (χ0v) is 46.1. The van der Waals surface area contributed by atoms with Crippen LogP contribution >= 0.6 is 0 Å². The predicted octanol–water partition coefficient (Wildman–Crippen LogP) is 16.6. The van der Waals surface area contributed by atoms with Gasteiger partial charge >= 0.3 is 11.9 Å². The topological polar surface area (TPSA) is 180 Å². The monoisotopic (exact) mass is 1070 g/mol. The molecule has 0 aromatic heterocycles. The first kappa shape index (κ1) is 59.0. The van der Waals surface area contributed by atoms with Gasteiger partial charge in [0.25, 0.3) is 0 Å².